The van der Waals surface area contributed by atoms with E-state index in [0.717, 1.165) is 22.8 Å². The number of rotatable bonds is 7. The quantitative estimate of drug-likeness (QED) is 0.790. The third-order valence-electron chi connectivity index (χ3n) is 3.34. The molecule has 0 spiro atoms. The van der Waals surface area contributed by atoms with Crippen LogP contribution >= 0.6 is 11.6 Å². The Balaban J connectivity index is 2.89. The van der Waals surface area contributed by atoms with Gasteiger partial charge in [0.1, 0.15) is 5.75 Å². The molecule has 1 N–H and O–H groups in total. The van der Waals surface area contributed by atoms with E-state index in [0.29, 0.717) is 12.0 Å². The molecule has 1 aromatic carbocycles. The molecule has 0 saturated carbocycles. The number of hydrogen-bond acceptors (Lipinski definition) is 2. The minimum atomic E-state index is 0.292. The lowest BCUT2D eigenvalue weighted by atomic mass is 9.92. The van der Waals surface area contributed by atoms with Crippen LogP contribution in [-0.2, 0) is 0 Å². The first-order chi connectivity index (χ1) is 8.62. The van der Waals surface area contributed by atoms with E-state index in [1.54, 1.807) is 7.11 Å². The maximum absolute atomic E-state index is 6.09. The first-order valence-electron chi connectivity index (χ1n) is 6.63. The second kappa shape index (κ2) is 7.65. The Morgan fingerprint density at radius 3 is 2.67 bits per heavy atom. The van der Waals surface area contributed by atoms with Crippen molar-refractivity contribution in [2.24, 2.45) is 5.92 Å². The molecule has 0 fully saturated rings. The molecule has 102 valence electrons. The third-order valence-corrected chi connectivity index (χ3v) is 3.57. The topological polar surface area (TPSA) is 21.3 Å². The Bertz CT molecular complexity index is 368. The van der Waals surface area contributed by atoms with Crippen LogP contribution in [0.4, 0.5) is 0 Å². The molecule has 0 heterocycles. The Morgan fingerprint density at radius 2 is 2.11 bits per heavy atom. The maximum atomic E-state index is 6.09. The fourth-order valence-corrected chi connectivity index (χ4v) is 2.57. The van der Waals surface area contributed by atoms with Crippen molar-refractivity contribution in [1.29, 1.82) is 0 Å². The molecule has 2 unspecified atom stereocenters. The van der Waals surface area contributed by atoms with Gasteiger partial charge in [0.2, 0.25) is 0 Å². The Kier molecular flexibility index (Phi) is 6.51. The van der Waals surface area contributed by atoms with Gasteiger partial charge in [-0.1, -0.05) is 38.3 Å². The van der Waals surface area contributed by atoms with Gasteiger partial charge in [-0.25, -0.2) is 0 Å². The molecule has 2 atom stereocenters. The zero-order valence-corrected chi connectivity index (χ0v) is 12.6. The van der Waals surface area contributed by atoms with E-state index < -0.39 is 0 Å². The van der Waals surface area contributed by atoms with E-state index >= 15 is 0 Å². The fourth-order valence-electron chi connectivity index (χ4n) is 2.39. The molecule has 0 aliphatic heterocycles. The molecule has 0 aromatic heterocycles. The molecule has 0 saturated heterocycles. The van der Waals surface area contributed by atoms with Crippen molar-refractivity contribution in [1.82, 2.24) is 5.32 Å². The van der Waals surface area contributed by atoms with E-state index in [1.165, 1.54) is 12.8 Å². The lowest BCUT2D eigenvalue weighted by Gasteiger charge is -2.22. The second-order valence-electron chi connectivity index (χ2n) is 4.86. The van der Waals surface area contributed by atoms with E-state index in [4.69, 9.17) is 16.3 Å². The highest BCUT2D eigenvalue weighted by Gasteiger charge is 2.17. The highest BCUT2D eigenvalue weighted by molar-refractivity contribution is 6.30. The average Bonchev–Trinajstić information content (AvgIpc) is 2.36. The van der Waals surface area contributed by atoms with Gasteiger partial charge in [0, 0.05) is 16.6 Å². The summed E-state index contributed by atoms with van der Waals surface area (Å²) in [5.74, 6) is 1.60. The van der Waals surface area contributed by atoms with E-state index in [9.17, 15) is 0 Å². The summed E-state index contributed by atoms with van der Waals surface area (Å²) in [6, 6.07) is 6.10. The molecule has 1 aromatic rings. The Hall–Kier alpha value is -0.730. The summed E-state index contributed by atoms with van der Waals surface area (Å²) >= 11 is 6.09. The molecule has 0 bridgehead atoms. The van der Waals surface area contributed by atoms with Crippen LogP contribution in [0.5, 0.6) is 5.75 Å². The van der Waals surface area contributed by atoms with Gasteiger partial charge in [0.15, 0.2) is 0 Å². The van der Waals surface area contributed by atoms with E-state index in [-0.39, 0.29) is 0 Å². The normalized spacial score (nSPS) is 14.3. The van der Waals surface area contributed by atoms with Gasteiger partial charge in [-0.2, -0.15) is 0 Å². The molecule has 0 aliphatic rings. The van der Waals surface area contributed by atoms with Crippen molar-refractivity contribution >= 4 is 11.6 Å². The molecule has 1 rings (SSSR count). The Labute approximate surface area is 116 Å². The van der Waals surface area contributed by atoms with Crippen molar-refractivity contribution in [2.45, 2.75) is 39.2 Å². The summed E-state index contributed by atoms with van der Waals surface area (Å²) < 4.78 is 5.43. The molecule has 0 radical (unpaired) electrons. The van der Waals surface area contributed by atoms with Gasteiger partial charge in [0.25, 0.3) is 0 Å². The standard InChI is InChI=1S/C15H24ClNO/c1-5-6-11(2)9-14(17-3)13-10-12(16)7-8-15(13)18-4/h7-8,10-11,14,17H,5-6,9H2,1-4H3. The summed E-state index contributed by atoms with van der Waals surface area (Å²) in [5.41, 5.74) is 1.15. The summed E-state index contributed by atoms with van der Waals surface area (Å²) in [6.07, 6.45) is 3.58. The number of nitrogens with one attached hydrogen (secondary N) is 1. The lowest BCUT2D eigenvalue weighted by Crippen LogP contribution is -2.19. The molecule has 0 amide bonds. The fraction of sp³-hybridized carbons (Fsp3) is 0.600. The van der Waals surface area contributed by atoms with Gasteiger partial charge in [-0.15, -0.1) is 0 Å². The van der Waals surface area contributed by atoms with Crippen LogP contribution in [0.3, 0.4) is 0 Å². The SMILES string of the molecule is CCCC(C)CC(NC)c1cc(Cl)ccc1OC. The summed E-state index contributed by atoms with van der Waals surface area (Å²) in [7, 11) is 3.69. The summed E-state index contributed by atoms with van der Waals surface area (Å²) in [5, 5.41) is 4.13. The number of methoxy groups -OCH3 is 1. The van der Waals surface area contributed by atoms with E-state index in [1.807, 2.05) is 25.2 Å². The van der Waals surface area contributed by atoms with Crippen molar-refractivity contribution in [2.75, 3.05) is 14.2 Å². The van der Waals surface area contributed by atoms with Crippen LogP contribution in [0, 0.1) is 5.92 Å². The van der Waals surface area contributed by atoms with Crippen LogP contribution in [0.1, 0.15) is 44.7 Å². The highest BCUT2D eigenvalue weighted by Crippen LogP contribution is 2.32. The lowest BCUT2D eigenvalue weighted by molar-refractivity contribution is 0.375. The predicted octanol–water partition coefficient (Wildman–Crippen LogP) is 4.44. The molecule has 2 nitrogen and oxygen atoms in total. The van der Waals surface area contributed by atoms with Gasteiger partial charge >= 0.3 is 0 Å². The second-order valence-corrected chi connectivity index (χ2v) is 5.29. The maximum Gasteiger partial charge on any atom is 0.123 e. The summed E-state index contributed by atoms with van der Waals surface area (Å²) in [4.78, 5) is 0. The largest absolute Gasteiger partial charge is 0.496 e. The van der Waals surface area contributed by atoms with Gasteiger partial charge in [-0.05, 0) is 37.6 Å². The first-order valence-corrected chi connectivity index (χ1v) is 7.00. The smallest absolute Gasteiger partial charge is 0.123 e. The van der Waals surface area contributed by atoms with Crippen LogP contribution in [-0.4, -0.2) is 14.2 Å². The molecule has 0 aliphatic carbocycles. The van der Waals surface area contributed by atoms with Gasteiger partial charge < -0.3 is 10.1 Å². The molecule has 3 heteroatoms. The number of ether oxygens (including phenoxy) is 1. The number of hydrogen-bond donors (Lipinski definition) is 1. The van der Waals surface area contributed by atoms with Crippen LogP contribution in [0.15, 0.2) is 18.2 Å². The predicted molar refractivity (Wildman–Crippen MR) is 78.5 cm³/mol. The van der Waals surface area contributed by atoms with Crippen molar-refractivity contribution in [3.63, 3.8) is 0 Å². The van der Waals surface area contributed by atoms with Crippen molar-refractivity contribution < 1.29 is 4.74 Å². The van der Waals surface area contributed by atoms with Crippen LogP contribution < -0.4 is 10.1 Å². The van der Waals surface area contributed by atoms with Crippen molar-refractivity contribution in [3.8, 4) is 5.75 Å². The Morgan fingerprint density at radius 1 is 1.39 bits per heavy atom. The highest BCUT2D eigenvalue weighted by atomic mass is 35.5. The zero-order valence-electron chi connectivity index (χ0n) is 11.8. The zero-order chi connectivity index (χ0) is 13.5. The number of benzene rings is 1. The average molecular weight is 270 g/mol. The number of halogens is 1. The minimum Gasteiger partial charge on any atom is -0.496 e. The van der Waals surface area contributed by atoms with Gasteiger partial charge in [0.05, 0.1) is 7.11 Å². The van der Waals surface area contributed by atoms with Crippen LogP contribution in [0.25, 0.3) is 0 Å². The third kappa shape index (κ3) is 4.18. The van der Waals surface area contributed by atoms with E-state index in [2.05, 4.69) is 19.2 Å². The molecule has 18 heavy (non-hydrogen) atoms. The molecular formula is C15H24ClNO. The molecular weight excluding hydrogens is 246 g/mol. The van der Waals surface area contributed by atoms with Gasteiger partial charge in [-0.3, -0.25) is 0 Å². The van der Waals surface area contributed by atoms with Crippen molar-refractivity contribution in [3.05, 3.63) is 28.8 Å². The minimum absolute atomic E-state index is 0.292. The van der Waals surface area contributed by atoms with Crippen LogP contribution in [0.2, 0.25) is 5.02 Å². The summed E-state index contributed by atoms with van der Waals surface area (Å²) in [6.45, 7) is 4.52. The monoisotopic (exact) mass is 269 g/mol. The first kappa shape index (κ1) is 15.3.